The Balaban J connectivity index is 2.41. The van der Waals surface area contributed by atoms with Crippen molar-refractivity contribution in [2.24, 2.45) is 0 Å². The van der Waals surface area contributed by atoms with Gasteiger partial charge in [0.2, 0.25) is 0 Å². The number of methoxy groups -OCH3 is 2. The van der Waals surface area contributed by atoms with E-state index in [0.29, 0.717) is 17.0 Å². The number of hydrogen-bond donors (Lipinski definition) is 1. The number of nitrogens with zero attached hydrogens (tertiary/aromatic N) is 1. The second kappa shape index (κ2) is 7.14. The van der Waals surface area contributed by atoms with Gasteiger partial charge in [-0.3, -0.25) is 0 Å². The molecule has 5 nitrogen and oxygen atoms in total. The maximum absolute atomic E-state index is 11.9. The number of anilines is 2. The van der Waals surface area contributed by atoms with Crippen molar-refractivity contribution in [2.45, 2.75) is 6.42 Å². The van der Waals surface area contributed by atoms with E-state index in [2.05, 4.69) is 11.4 Å². The first kappa shape index (κ1) is 15.4. The molecule has 0 saturated carbocycles. The highest BCUT2D eigenvalue weighted by atomic mass is 16.5. The molecule has 0 atom stereocenters. The van der Waals surface area contributed by atoms with Gasteiger partial charge in [0.15, 0.2) is 0 Å². The lowest BCUT2D eigenvalue weighted by Gasteiger charge is -2.14. The lowest BCUT2D eigenvalue weighted by atomic mass is 10.1. The van der Waals surface area contributed by atoms with Crippen LogP contribution in [0.4, 0.5) is 11.4 Å². The zero-order chi connectivity index (χ0) is 15.9. The van der Waals surface area contributed by atoms with E-state index in [1.165, 1.54) is 14.2 Å². The number of carbonyl (C=O) groups excluding carboxylic acids is 1. The second-order valence-electron chi connectivity index (χ2n) is 4.52. The molecule has 0 aliphatic rings. The average Bonchev–Trinajstić information content (AvgIpc) is 2.56. The smallest absolute Gasteiger partial charge is 0.340 e. The number of nitrogens with one attached hydrogen (secondary N) is 1. The Morgan fingerprint density at radius 1 is 1.18 bits per heavy atom. The molecule has 2 aromatic rings. The van der Waals surface area contributed by atoms with Crippen LogP contribution in [0.1, 0.15) is 15.9 Å². The van der Waals surface area contributed by atoms with E-state index in [9.17, 15) is 4.79 Å². The zero-order valence-corrected chi connectivity index (χ0v) is 12.4. The van der Waals surface area contributed by atoms with Crippen molar-refractivity contribution >= 4 is 17.3 Å². The quantitative estimate of drug-likeness (QED) is 0.857. The SMILES string of the molecule is COC(=O)c1cc(OC)ccc1Nc1ccccc1CC#N. The maximum atomic E-state index is 11.9. The average molecular weight is 296 g/mol. The van der Waals surface area contributed by atoms with Crippen molar-refractivity contribution in [1.29, 1.82) is 5.26 Å². The highest BCUT2D eigenvalue weighted by molar-refractivity contribution is 5.97. The minimum atomic E-state index is -0.459. The van der Waals surface area contributed by atoms with Crippen LogP contribution in [0.2, 0.25) is 0 Å². The first-order valence-corrected chi connectivity index (χ1v) is 6.67. The third kappa shape index (κ3) is 3.36. The third-order valence-corrected chi connectivity index (χ3v) is 3.19. The summed E-state index contributed by atoms with van der Waals surface area (Å²) in [6, 6.07) is 14.7. The molecule has 2 rings (SSSR count). The maximum Gasteiger partial charge on any atom is 0.340 e. The second-order valence-corrected chi connectivity index (χ2v) is 4.52. The van der Waals surface area contributed by atoms with Crippen LogP contribution in [0.15, 0.2) is 42.5 Å². The molecule has 0 fully saturated rings. The predicted molar refractivity (Wildman–Crippen MR) is 83.4 cm³/mol. The highest BCUT2D eigenvalue weighted by Crippen LogP contribution is 2.27. The molecular weight excluding hydrogens is 280 g/mol. The molecule has 0 saturated heterocycles. The number of ether oxygens (including phenoxy) is 2. The Bertz CT molecular complexity index is 720. The number of carbonyl (C=O) groups is 1. The van der Waals surface area contributed by atoms with E-state index >= 15 is 0 Å². The van der Waals surface area contributed by atoms with Crippen molar-refractivity contribution in [3.8, 4) is 11.8 Å². The molecule has 5 heteroatoms. The molecule has 0 bridgehead atoms. The summed E-state index contributed by atoms with van der Waals surface area (Å²) in [7, 11) is 2.86. The van der Waals surface area contributed by atoms with Crippen LogP contribution in [-0.2, 0) is 11.2 Å². The van der Waals surface area contributed by atoms with Gasteiger partial charge >= 0.3 is 5.97 Å². The molecule has 0 aliphatic heterocycles. The molecule has 0 radical (unpaired) electrons. The number of nitriles is 1. The van der Waals surface area contributed by atoms with Crippen molar-refractivity contribution in [3.05, 3.63) is 53.6 Å². The molecule has 0 unspecified atom stereocenters. The minimum absolute atomic E-state index is 0.285. The van der Waals surface area contributed by atoms with Crippen LogP contribution >= 0.6 is 0 Å². The monoisotopic (exact) mass is 296 g/mol. The van der Waals surface area contributed by atoms with Crippen LogP contribution < -0.4 is 10.1 Å². The van der Waals surface area contributed by atoms with Crippen molar-refractivity contribution in [3.63, 3.8) is 0 Å². The molecule has 0 amide bonds. The first-order chi connectivity index (χ1) is 10.7. The van der Waals surface area contributed by atoms with Gasteiger partial charge in [0.25, 0.3) is 0 Å². The van der Waals surface area contributed by atoms with E-state index in [-0.39, 0.29) is 6.42 Å². The fourth-order valence-electron chi connectivity index (χ4n) is 2.06. The summed E-state index contributed by atoms with van der Waals surface area (Å²) in [5.74, 6) is 0.107. The van der Waals surface area contributed by atoms with Gasteiger partial charge in [-0.1, -0.05) is 18.2 Å². The van der Waals surface area contributed by atoms with Crippen molar-refractivity contribution in [2.75, 3.05) is 19.5 Å². The lowest BCUT2D eigenvalue weighted by molar-refractivity contribution is 0.0601. The van der Waals surface area contributed by atoms with Crippen LogP contribution in [0.25, 0.3) is 0 Å². The third-order valence-electron chi connectivity index (χ3n) is 3.19. The lowest BCUT2D eigenvalue weighted by Crippen LogP contribution is -2.07. The summed E-state index contributed by atoms with van der Waals surface area (Å²) in [5, 5.41) is 12.1. The van der Waals surface area contributed by atoms with Crippen molar-refractivity contribution in [1.82, 2.24) is 0 Å². The van der Waals surface area contributed by atoms with Crippen molar-refractivity contribution < 1.29 is 14.3 Å². The van der Waals surface area contributed by atoms with Gasteiger partial charge in [-0.05, 0) is 29.8 Å². The molecule has 0 aliphatic carbocycles. The van der Waals surface area contributed by atoms with Crippen LogP contribution in [0.5, 0.6) is 5.75 Å². The highest BCUT2D eigenvalue weighted by Gasteiger charge is 2.14. The van der Waals surface area contributed by atoms with Crippen LogP contribution in [0, 0.1) is 11.3 Å². The van der Waals surface area contributed by atoms with E-state index < -0.39 is 5.97 Å². The fraction of sp³-hybridized carbons (Fsp3) is 0.176. The van der Waals surface area contributed by atoms with Crippen LogP contribution in [-0.4, -0.2) is 20.2 Å². The zero-order valence-electron chi connectivity index (χ0n) is 12.4. The van der Waals surface area contributed by atoms with Gasteiger partial charge in [-0.15, -0.1) is 0 Å². The number of benzene rings is 2. The standard InChI is InChI=1S/C17H16N2O3/c1-21-13-7-8-16(14(11-13)17(20)22-2)19-15-6-4-3-5-12(15)9-10-18/h3-8,11,19H,9H2,1-2H3. The molecule has 2 aromatic carbocycles. The Hall–Kier alpha value is -3.00. The Labute approximate surface area is 129 Å². The molecule has 112 valence electrons. The molecule has 0 spiro atoms. The Morgan fingerprint density at radius 2 is 1.95 bits per heavy atom. The molecule has 22 heavy (non-hydrogen) atoms. The molecular formula is C17H16N2O3. The summed E-state index contributed by atoms with van der Waals surface area (Å²) in [4.78, 5) is 11.9. The van der Waals surface area contributed by atoms with E-state index in [0.717, 1.165) is 11.3 Å². The van der Waals surface area contributed by atoms with Gasteiger partial charge in [0.05, 0.1) is 38.0 Å². The van der Waals surface area contributed by atoms with Gasteiger partial charge in [-0.2, -0.15) is 5.26 Å². The summed E-state index contributed by atoms with van der Waals surface area (Å²) < 4.78 is 9.94. The number of esters is 1. The fourth-order valence-corrected chi connectivity index (χ4v) is 2.06. The normalized spacial score (nSPS) is 9.68. The first-order valence-electron chi connectivity index (χ1n) is 6.67. The number of rotatable bonds is 5. The van der Waals surface area contributed by atoms with Crippen LogP contribution in [0.3, 0.4) is 0 Å². The predicted octanol–water partition coefficient (Wildman–Crippen LogP) is 3.29. The largest absolute Gasteiger partial charge is 0.497 e. The Morgan fingerprint density at radius 3 is 2.64 bits per heavy atom. The summed E-state index contributed by atoms with van der Waals surface area (Å²) in [6.07, 6.45) is 0.285. The summed E-state index contributed by atoms with van der Waals surface area (Å²) in [5.41, 5.74) is 2.60. The number of hydrogen-bond acceptors (Lipinski definition) is 5. The van der Waals surface area contributed by atoms with E-state index in [1.807, 2.05) is 24.3 Å². The summed E-state index contributed by atoms with van der Waals surface area (Å²) in [6.45, 7) is 0. The summed E-state index contributed by atoms with van der Waals surface area (Å²) >= 11 is 0. The van der Waals surface area contributed by atoms with Gasteiger partial charge in [0.1, 0.15) is 5.75 Å². The topological polar surface area (TPSA) is 71.3 Å². The molecule has 1 N–H and O–H groups in total. The Kier molecular flexibility index (Phi) is 4.99. The van der Waals surface area contributed by atoms with Gasteiger partial charge in [-0.25, -0.2) is 4.79 Å². The molecule has 0 heterocycles. The van der Waals surface area contributed by atoms with E-state index in [4.69, 9.17) is 14.7 Å². The number of para-hydroxylation sites is 1. The van der Waals surface area contributed by atoms with Gasteiger partial charge < -0.3 is 14.8 Å². The molecule has 0 aromatic heterocycles. The van der Waals surface area contributed by atoms with E-state index in [1.54, 1.807) is 18.2 Å². The minimum Gasteiger partial charge on any atom is -0.497 e. The van der Waals surface area contributed by atoms with Gasteiger partial charge in [0, 0.05) is 5.69 Å².